The molecule has 0 saturated heterocycles. The number of non-ortho nitro benzene ring substituents is 1. The van der Waals surface area contributed by atoms with Gasteiger partial charge in [-0.25, -0.2) is 15.4 Å². The molecular formula is C24H19N5O2. The third-order valence-corrected chi connectivity index (χ3v) is 4.68. The molecule has 0 unspecified atom stereocenters. The normalized spacial score (nSPS) is 11.2. The van der Waals surface area contributed by atoms with Gasteiger partial charge in [0.15, 0.2) is 0 Å². The third kappa shape index (κ3) is 4.79. The second-order valence-corrected chi connectivity index (χ2v) is 6.81. The average Bonchev–Trinajstić information content (AvgIpc) is 2.83. The van der Waals surface area contributed by atoms with Crippen LogP contribution in [0.1, 0.15) is 12.5 Å². The van der Waals surface area contributed by atoms with E-state index in [1.807, 2.05) is 73.7 Å². The van der Waals surface area contributed by atoms with Crippen LogP contribution in [0.4, 0.5) is 11.6 Å². The lowest BCUT2D eigenvalue weighted by atomic mass is 10.1. The maximum absolute atomic E-state index is 10.8. The van der Waals surface area contributed by atoms with E-state index < -0.39 is 4.92 Å². The van der Waals surface area contributed by atoms with Gasteiger partial charge >= 0.3 is 0 Å². The smallest absolute Gasteiger partial charge is 0.258 e. The molecule has 152 valence electrons. The van der Waals surface area contributed by atoms with E-state index in [9.17, 15) is 10.1 Å². The van der Waals surface area contributed by atoms with Crippen molar-refractivity contribution in [2.45, 2.75) is 6.92 Å². The Hall–Kier alpha value is -4.39. The average molecular weight is 409 g/mol. The lowest BCUT2D eigenvalue weighted by Gasteiger charge is -2.09. The first-order valence-electron chi connectivity index (χ1n) is 9.65. The molecule has 4 aromatic rings. The zero-order valence-corrected chi connectivity index (χ0v) is 16.8. The Morgan fingerprint density at radius 3 is 1.84 bits per heavy atom. The van der Waals surface area contributed by atoms with Crippen LogP contribution >= 0.6 is 0 Å². The second kappa shape index (κ2) is 8.96. The Morgan fingerprint density at radius 2 is 1.35 bits per heavy atom. The quantitative estimate of drug-likeness (QED) is 0.256. The first-order valence-corrected chi connectivity index (χ1v) is 9.65. The molecule has 0 spiro atoms. The molecule has 1 heterocycles. The number of hydrogen-bond acceptors (Lipinski definition) is 6. The first-order chi connectivity index (χ1) is 15.1. The topological polar surface area (TPSA) is 93.3 Å². The summed E-state index contributed by atoms with van der Waals surface area (Å²) in [6.45, 7) is 1.81. The standard InChI is InChI=1S/C24H19N5O2/c1-17(18-12-14-21(15-13-18)29(30)31)27-28-24-25-22(19-8-4-2-5-9-19)16-23(26-24)20-10-6-3-7-11-20/h2-16H,1H3,(H,25,26,28)/b27-17-. The molecule has 4 rings (SSSR count). The number of hydrazone groups is 1. The van der Waals surface area contributed by atoms with Gasteiger partial charge in [0.05, 0.1) is 22.0 Å². The summed E-state index contributed by atoms with van der Waals surface area (Å²) in [5.74, 6) is 0.362. The van der Waals surface area contributed by atoms with E-state index in [1.54, 1.807) is 12.1 Å². The minimum absolute atomic E-state index is 0.0379. The van der Waals surface area contributed by atoms with Gasteiger partial charge in [0, 0.05) is 23.3 Å². The summed E-state index contributed by atoms with van der Waals surface area (Å²) in [5.41, 5.74) is 7.89. The number of hydrogen-bond donors (Lipinski definition) is 1. The molecular weight excluding hydrogens is 390 g/mol. The third-order valence-electron chi connectivity index (χ3n) is 4.68. The molecule has 0 bridgehead atoms. The molecule has 0 amide bonds. The minimum Gasteiger partial charge on any atom is -0.258 e. The number of rotatable bonds is 6. The Morgan fingerprint density at radius 1 is 0.839 bits per heavy atom. The van der Waals surface area contributed by atoms with E-state index in [4.69, 9.17) is 0 Å². The van der Waals surface area contributed by atoms with Gasteiger partial charge in [-0.1, -0.05) is 60.7 Å². The number of nitrogens with zero attached hydrogens (tertiary/aromatic N) is 4. The summed E-state index contributed by atoms with van der Waals surface area (Å²) in [6, 6.07) is 27.9. The molecule has 1 aromatic heterocycles. The summed E-state index contributed by atoms with van der Waals surface area (Å²) in [6.07, 6.45) is 0. The Kier molecular flexibility index (Phi) is 5.75. The molecule has 31 heavy (non-hydrogen) atoms. The lowest BCUT2D eigenvalue weighted by Crippen LogP contribution is -2.04. The molecule has 0 radical (unpaired) electrons. The highest BCUT2D eigenvalue weighted by Crippen LogP contribution is 2.25. The van der Waals surface area contributed by atoms with Crippen molar-refractivity contribution in [3.63, 3.8) is 0 Å². The predicted molar refractivity (Wildman–Crippen MR) is 122 cm³/mol. The Balaban J connectivity index is 1.67. The molecule has 3 aromatic carbocycles. The summed E-state index contributed by atoms with van der Waals surface area (Å²) in [7, 11) is 0. The molecule has 1 N–H and O–H groups in total. The van der Waals surface area contributed by atoms with E-state index in [0.29, 0.717) is 11.7 Å². The van der Waals surface area contributed by atoms with Crippen molar-refractivity contribution in [2.24, 2.45) is 5.10 Å². The summed E-state index contributed by atoms with van der Waals surface area (Å²) in [4.78, 5) is 19.6. The van der Waals surface area contributed by atoms with Crippen molar-refractivity contribution >= 4 is 17.3 Å². The van der Waals surface area contributed by atoms with Crippen LogP contribution in [0, 0.1) is 10.1 Å². The number of benzene rings is 3. The second-order valence-electron chi connectivity index (χ2n) is 6.81. The largest absolute Gasteiger partial charge is 0.269 e. The van der Waals surface area contributed by atoms with Crippen LogP contribution in [0.3, 0.4) is 0 Å². The Labute approximate surface area is 179 Å². The first kappa shape index (κ1) is 19.9. The fraction of sp³-hybridized carbons (Fsp3) is 0.0417. The van der Waals surface area contributed by atoms with Crippen molar-refractivity contribution in [1.82, 2.24) is 9.97 Å². The highest BCUT2D eigenvalue weighted by atomic mass is 16.6. The molecule has 7 heteroatoms. The molecule has 0 aliphatic rings. The van der Waals surface area contributed by atoms with Gasteiger partial charge in [-0.3, -0.25) is 10.1 Å². The molecule has 0 aliphatic heterocycles. The van der Waals surface area contributed by atoms with E-state index in [1.165, 1.54) is 12.1 Å². The minimum atomic E-state index is -0.428. The fourth-order valence-electron chi connectivity index (χ4n) is 3.03. The van der Waals surface area contributed by atoms with Crippen LogP contribution in [0.2, 0.25) is 0 Å². The van der Waals surface area contributed by atoms with Crippen LogP contribution in [-0.4, -0.2) is 20.6 Å². The van der Waals surface area contributed by atoms with E-state index in [0.717, 1.165) is 28.1 Å². The summed E-state index contributed by atoms with van der Waals surface area (Å²) in [5, 5.41) is 15.2. The fourth-order valence-corrected chi connectivity index (χ4v) is 3.03. The number of aromatic nitrogens is 2. The van der Waals surface area contributed by atoms with Crippen LogP contribution in [0.5, 0.6) is 0 Å². The van der Waals surface area contributed by atoms with Crippen LogP contribution in [0.25, 0.3) is 22.5 Å². The van der Waals surface area contributed by atoms with Crippen LogP contribution in [0.15, 0.2) is 96.1 Å². The molecule has 0 saturated carbocycles. The van der Waals surface area contributed by atoms with Crippen molar-refractivity contribution in [3.8, 4) is 22.5 Å². The van der Waals surface area contributed by atoms with Gasteiger partial charge in [0.2, 0.25) is 5.95 Å². The van der Waals surface area contributed by atoms with Gasteiger partial charge in [-0.05, 0) is 30.7 Å². The summed E-state index contributed by atoms with van der Waals surface area (Å²) >= 11 is 0. The van der Waals surface area contributed by atoms with Crippen molar-refractivity contribution < 1.29 is 4.92 Å². The van der Waals surface area contributed by atoms with E-state index in [-0.39, 0.29) is 5.69 Å². The molecule has 0 atom stereocenters. The van der Waals surface area contributed by atoms with Crippen molar-refractivity contribution in [1.29, 1.82) is 0 Å². The molecule has 0 fully saturated rings. The lowest BCUT2D eigenvalue weighted by molar-refractivity contribution is -0.384. The molecule has 7 nitrogen and oxygen atoms in total. The van der Waals surface area contributed by atoms with E-state index in [2.05, 4.69) is 20.5 Å². The highest BCUT2D eigenvalue weighted by Gasteiger charge is 2.09. The Bertz CT molecular complexity index is 1170. The van der Waals surface area contributed by atoms with Gasteiger partial charge < -0.3 is 0 Å². The number of nitro benzene ring substituents is 1. The predicted octanol–water partition coefficient (Wildman–Crippen LogP) is 5.55. The SMILES string of the molecule is C/C(=N/Nc1nc(-c2ccccc2)cc(-c2ccccc2)n1)c1ccc([N+](=O)[O-])cc1. The maximum atomic E-state index is 10.8. The van der Waals surface area contributed by atoms with Gasteiger partial charge in [-0.15, -0.1) is 0 Å². The van der Waals surface area contributed by atoms with Gasteiger partial charge in [0.1, 0.15) is 0 Å². The zero-order valence-electron chi connectivity index (χ0n) is 16.8. The van der Waals surface area contributed by atoms with E-state index >= 15 is 0 Å². The van der Waals surface area contributed by atoms with Crippen molar-refractivity contribution in [3.05, 3.63) is 107 Å². The number of anilines is 1. The molecule has 0 aliphatic carbocycles. The zero-order chi connectivity index (χ0) is 21.6. The summed E-state index contributed by atoms with van der Waals surface area (Å²) < 4.78 is 0. The van der Waals surface area contributed by atoms with Gasteiger partial charge in [0.25, 0.3) is 5.69 Å². The maximum Gasteiger partial charge on any atom is 0.269 e. The van der Waals surface area contributed by atoms with Crippen LogP contribution in [-0.2, 0) is 0 Å². The van der Waals surface area contributed by atoms with Crippen molar-refractivity contribution in [2.75, 3.05) is 5.43 Å². The van der Waals surface area contributed by atoms with Crippen LogP contribution < -0.4 is 5.43 Å². The number of nitro groups is 1. The number of nitrogens with one attached hydrogen (secondary N) is 1. The monoisotopic (exact) mass is 409 g/mol. The van der Waals surface area contributed by atoms with Gasteiger partial charge in [-0.2, -0.15) is 5.10 Å². The highest BCUT2D eigenvalue weighted by molar-refractivity contribution is 5.99.